The first-order valence-corrected chi connectivity index (χ1v) is 16.0. The Bertz CT molecular complexity index is 2280. The minimum Gasteiger partial charge on any atom is -0.415 e. The second kappa shape index (κ2) is 11.3. The number of hydrogen-bond acceptors (Lipinski definition) is 8. The summed E-state index contributed by atoms with van der Waals surface area (Å²) in [5, 5.41) is 17.4. The van der Waals surface area contributed by atoms with E-state index < -0.39 is 5.41 Å². The van der Waals surface area contributed by atoms with Crippen LogP contribution in [0.4, 0.5) is 0 Å². The van der Waals surface area contributed by atoms with Gasteiger partial charge < -0.3 is 8.83 Å². The summed E-state index contributed by atoms with van der Waals surface area (Å²) in [7, 11) is 0. The number of aryl methyl sites for hydroxylation is 2. The summed E-state index contributed by atoms with van der Waals surface area (Å²) in [4.78, 5) is 10.4. The average Bonchev–Trinajstić information content (AvgIpc) is 3.91. The molecule has 1 aliphatic rings. The molecule has 9 rings (SSSR count). The highest BCUT2D eigenvalue weighted by atomic mass is 16.4. The molecule has 0 saturated heterocycles. The van der Waals surface area contributed by atoms with Crippen LogP contribution >= 0.6 is 0 Å². The van der Waals surface area contributed by atoms with Crippen LogP contribution in [-0.4, -0.2) is 30.4 Å². The smallest absolute Gasteiger partial charge is 0.266 e. The van der Waals surface area contributed by atoms with Crippen LogP contribution in [0.5, 0.6) is 0 Å². The first-order chi connectivity index (χ1) is 24.1. The fourth-order valence-corrected chi connectivity index (χ4v) is 6.71. The van der Waals surface area contributed by atoms with Crippen LogP contribution in [0.2, 0.25) is 0 Å². The molecule has 0 spiro atoms. The third kappa shape index (κ3) is 4.68. The van der Waals surface area contributed by atoms with E-state index >= 15 is 0 Å². The van der Waals surface area contributed by atoms with Crippen molar-refractivity contribution in [2.45, 2.75) is 19.3 Å². The molecule has 4 aromatic carbocycles. The first-order valence-electron chi connectivity index (χ1n) is 16.0. The molecule has 8 nitrogen and oxygen atoms in total. The minimum atomic E-state index is -0.697. The third-order valence-corrected chi connectivity index (χ3v) is 9.12. The van der Waals surface area contributed by atoms with Gasteiger partial charge in [0.25, 0.3) is 11.8 Å². The standard InChI is InChI=1S/C41H28N6O2/c1-25-13-17-29(18-14-25)41(30-19-15-26(2)16-20-30)31-21-23-33(39-46-44-37(48-39)27-9-5-3-6-10-27)42-35(31)36-32(41)22-24-34(43-36)40-47-45-38(49-40)28-11-7-4-8-12-28/h3-24H,1-2H3. The van der Waals surface area contributed by atoms with Crippen LogP contribution in [-0.2, 0) is 5.41 Å². The molecule has 4 aromatic heterocycles. The second-order valence-electron chi connectivity index (χ2n) is 12.2. The lowest BCUT2D eigenvalue weighted by Crippen LogP contribution is -2.28. The summed E-state index contributed by atoms with van der Waals surface area (Å²) in [6.07, 6.45) is 0. The van der Waals surface area contributed by atoms with Crippen molar-refractivity contribution < 1.29 is 8.83 Å². The SMILES string of the molecule is Cc1ccc(C2(c3ccc(C)cc3)c3ccc(-c4nnc(-c5ccccc5)o4)nc3-c3nc(-c4nnc(-c5ccccc5)o4)ccc32)cc1. The molecular formula is C41H28N6O2. The van der Waals surface area contributed by atoms with Crippen LogP contribution in [0.3, 0.4) is 0 Å². The minimum absolute atomic E-state index is 0.326. The molecule has 0 aliphatic heterocycles. The van der Waals surface area contributed by atoms with Crippen molar-refractivity contribution in [1.82, 2.24) is 30.4 Å². The topological polar surface area (TPSA) is 104 Å². The summed E-state index contributed by atoms with van der Waals surface area (Å²) in [6.45, 7) is 4.20. The van der Waals surface area contributed by atoms with Gasteiger partial charge in [-0.05, 0) is 72.5 Å². The number of aromatic nitrogens is 6. The van der Waals surface area contributed by atoms with Gasteiger partial charge in [0.05, 0.1) is 16.8 Å². The van der Waals surface area contributed by atoms with Crippen LogP contribution in [0.1, 0.15) is 33.4 Å². The van der Waals surface area contributed by atoms with Crippen LogP contribution in [0.15, 0.2) is 142 Å². The highest BCUT2D eigenvalue weighted by Crippen LogP contribution is 2.55. The lowest BCUT2D eigenvalue weighted by atomic mass is 9.68. The molecule has 4 heterocycles. The molecule has 1 aliphatic carbocycles. The Morgan fingerprint density at radius 1 is 0.408 bits per heavy atom. The Hall–Kier alpha value is -6.54. The van der Waals surface area contributed by atoms with Crippen molar-refractivity contribution >= 4 is 0 Å². The van der Waals surface area contributed by atoms with Gasteiger partial charge in [0, 0.05) is 11.1 Å². The summed E-state index contributed by atoms with van der Waals surface area (Å²) >= 11 is 0. The van der Waals surface area contributed by atoms with Gasteiger partial charge >= 0.3 is 0 Å². The molecule has 8 aromatic rings. The largest absolute Gasteiger partial charge is 0.415 e. The highest BCUT2D eigenvalue weighted by molar-refractivity contribution is 5.84. The number of pyridine rings is 2. The number of benzene rings is 4. The summed E-state index contributed by atoms with van der Waals surface area (Å²) in [5.74, 6) is 1.51. The number of nitrogens with zero attached hydrogens (tertiary/aromatic N) is 6. The Labute approximate surface area is 282 Å². The summed E-state index contributed by atoms with van der Waals surface area (Å²) < 4.78 is 12.3. The Balaban J connectivity index is 1.27. The Morgan fingerprint density at radius 3 is 1.20 bits per heavy atom. The van der Waals surface area contributed by atoms with Gasteiger partial charge in [-0.25, -0.2) is 9.97 Å². The predicted molar refractivity (Wildman–Crippen MR) is 186 cm³/mol. The van der Waals surface area contributed by atoms with Crippen LogP contribution in [0, 0.1) is 13.8 Å². The molecular weight excluding hydrogens is 608 g/mol. The van der Waals surface area contributed by atoms with E-state index in [1.807, 2.05) is 72.8 Å². The van der Waals surface area contributed by atoms with Gasteiger partial charge in [0.2, 0.25) is 11.8 Å². The van der Waals surface area contributed by atoms with Crippen LogP contribution in [0.25, 0.3) is 57.5 Å². The Morgan fingerprint density at radius 2 is 0.796 bits per heavy atom. The van der Waals surface area contributed by atoms with Crippen molar-refractivity contribution in [3.8, 4) is 57.5 Å². The zero-order valence-electron chi connectivity index (χ0n) is 26.7. The summed E-state index contributed by atoms with van der Waals surface area (Å²) in [6, 6.07) is 45.0. The lowest BCUT2D eigenvalue weighted by molar-refractivity contribution is 0.581. The first kappa shape index (κ1) is 28.7. The third-order valence-electron chi connectivity index (χ3n) is 9.12. The fourth-order valence-electron chi connectivity index (χ4n) is 6.71. The van der Waals surface area contributed by atoms with Gasteiger partial charge in [-0.1, -0.05) is 108 Å². The van der Waals surface area contributed by atoms with E-state index in [0.29, 0.717) is 35.0 Å². The quantitative estimate of drug-likeness (QED) is 0.178. The molecule has 0 N–H and O–H groups in total. The maximum absolute atomic E-state index is 6.15. The van der Waals surface area contributed by atoms with Crippen molar-refractivity contribution in [2.24, 2.45) is 0 Å². The number of fused-ring (bicyclic) bond motifs is 3. The molecule has 8 heteroatoms. The monoisotopic (exact) mass is 636 g/mol. The fraction of sp³-hybridized carbons (Fsp3) is 0.0732. The van der Waals surface area contributed by atoms with Gasteiger partial charge in [-0.15, -0.1) is 20.4 Å². The van der Waals surface area contributed by atoms with E-state index in [-0.39, 0.29) is 0 Å². The van der Waals surface area contributed by atoms with E-state index in [9.17, 15) is 0 Å². The second-order valence-corrected chi connectivity index (χ2v) is 12.2. The van der Waals surface area contributed by atoms with E-state index in [2.05, 4.69) is 94.9 Å². The zero-order chi connectivity index (χ0) is 33.0. The van der Waals surface area contributed by atoms with Crippen molar-refractivity contribution in [3.05, 3.63) is 167 Å². The normalized spacial score (nSPS) is 12.9. The van der Waals surface area contributed by atoms with Crippen molar-refractivity contribution in [1.29, 1.82) is 0 Å². The molecule has 0 bridgehead atoms. The van der Waals surface area contributed by atoms with Crippen molar-refractivity contribution in [3.63, 3.8) is 0 Å². The van der Waals surface area contributed by atoms with Crippen molar-refractivity contribution in [2.75, 3.05) is 0 Å². The zero-order valence-corrected chi connectivity index (χ0v) is 26.7. The molecule has 0 radical (unpaired) electrons. The number of rotatable bonds is 6. The molecule has 49 heavy (non-hydrogen) atoms. The molecule has 0 atom stereocenters. The average molecular weight is 637 g/mol. The van der Waals surface area contributed by atoms with E-state index in [1.165, 1.54) is 11.1 Å². The maximum atomic E-state index is 6.15. The van der Waals surface area contributed by atoms with Crippen LogP contribution < -0.4 is 0 Å². The van der Waals surface area contributed by atoms with Gasteiger partial charge in [-0.2, -0.15) is 0 Å². The van der Waals surface area contributed by atoms with Gasteiger partial charge in [-0.3, -0.25) is 0 Å². The highest BCUT2D eigenvalue weighted by Gasteiger charge is 2.48. The summed E-state index contributed by atoms with van der Waals surface area (Å²) in [5.41, 5.74) is 10.1. The molecule has 0 amide bonds. The molecule has 234 valence electrons. The van der Waals surface area contributed by atoms with Gasteiger partial charge in [0.1, 0.15) is 11.4 Å². The van der Waals surface area contributed by atoms with Gasteiger partial charge in [0.15, 0.2) is 0 Å². The Kier molecular flexibility index (Phi) is 6.62. The molecule has 0 saturated carbocycles. The molecule has 0 fully saturated rings. The molecule has 0 unspecified atom stereocenters. The lowest BCUT2D eigenvalue weighted by Gasteiger charge is -2.33. The maximum Gasteiger partial charge on any atom is 0.266 e. The predicted octanol–water partition coefficient (Wildman–Crippen LogP) is 8.89. The van der Waals surface area contributed by atoms with E-state index in [4.69, 9.17) is 18.8 Å². The van der Waals surface area contributed by atoms with E-state index in [0.717, 1.165) is 44.8 Å². The number of hydrogen-bond donors (Lipinski definition) is 0. The van der Waals surface area contributed by atoms with E-state index in [1.54, 1.807) is 0 Å².